The molecule has 3 nitrogen and oxygen atoms in total. The van der Waals surface area contributed by atoms with Crippen molar-refractivity contribution in [3.8, 4) is 0 Å². The smallest absolute Gasteiger partial charge is 0.269 e. The second kappa shape index (κ2) is 6.44. The predicted molar refractivity (Wildman–Crippen MR) is 81.5 cm³/mol. The zero-order valence-electron chi connectivity index (χ0n) is 11.0. The minimum atomic E-state index is -0.830. The molecule has 0 aliphatic rings. The molecule has 0 bridgehead atoms. The third kappa shape index (κ3) is 3.23. The number of hydrogen-bond donors (Lipinski definition) is 1. The van der Waals surface area contributed by atoms with Crippen molar-refractivity contribution in [1.82, 2.24) is 4.57 Å². The van der Waals surface area contributed by atoms with Crippen LogP contribution in [-0.4, -0.2) is 9.67 Å². The lowest BCUT2D eigenvalue weighted by atomic mass is 10.1. The highest BCUT2D eigenvalue weighted by Crippen LogP contribution is 2.24. The Labute approximate surface area is 127 Å². The number of hydrogen-bond acceptors (Lipinski definition) is 2. The summed E-state index contributed by atoms with van der Waals surface area (Å²) in [5, 5.41) is 10.2. The fraction of sp³-hybridized carbons (Fsp3) is 0.267. The second-order valence-electron chi connectivity index (χ2n) is 4.59. The highest BCUT2D eigenvalue weighted by molar-refractivity contribution is 6.34. The summed E-state index contributed by atoms with van der Waals surface area (Å²) < 4.78 is 1.45. The topological polar surface area (TPSA) is 42.2 Å². The van der Waals surface area contributed by atoms with Crippen LogP contribution in [0.25, 0.3) is 0 Å². The molecule has 0 radical (unpaired) electrons. The van der Waals surface area contributed by atoms with Crippen molar-refractivity contribution in [3.63, 3.8) is 0 Å². The first-order valence-corrected chi connectivity index (χ1v) is 7.07. The quantitative estimate of drug-likeness (QED) is 0.939. The minimum Gasteiger partial charge on any atom is -0.387 e. The molecule has 0 aliphatic heterocycles. The van der Waals surface area contributed by atoms with Crippen LogP contribution in [0.3, 0.4) is 0 Å². The number of pyridine rings is 1. The van der Waals surface area contributed by atoms with Crippen LogP contribution in [0.5, 0.6) is 0 Å². The maximum atomic E-state index is 12.1. The highest BCUT2D eigenvalue weighted by Gasteiger charge is 2.16. The SMILES string of the molecule is CC(O)c1c(Cl)cc(Cl)c(=O)n1CCc1ccccc1. The van der Waals surface area contributed by atoms with Gasteiger partial charge in [0.1, 0.15) is 5.02 Å². The normalized spacial score (nSPS) is 12.4. The first kappa shape index (κ1) is 15.1. The van der Waals surface area contributed by atoms with Crippen LogP contribution in [0.1, 0.15) is 24.3 Å². The average Bonchev–Trinajstić information content (AvgIpc) is 2.41. The second-order valence-corrected chi connectivity index (χ2v) is 5.41. The molecule has 0 amide bonds. The van der Waals surface area contributed by atoms with Crippen molar-refractivity contribution < 1.29 is 5.11 Å². The molecule has 0 aliphatic carbocycles. The van der Waals surface area contributed by atoms with Gasteiger partial charge in [-0.15, -0.1) is 0 Å². The van der Waals surface area contributed by atoms with Gasteiger partial charge in [0.2, 0.25) is 0 Å². The van der Waals surface area contributed by atoms with E-state index < -0.39 is 6.10 Å². The maximum Gasteiger partial charge on any atom is 0.269 e. The summed E-state index contributed by atoms with van der Waals surface area (Å²) >= 11 is 12.0. The van der Waals surface area contributed by atoms with E-state index in [0.717, 1.165) is 5.56 Å². The molecule has 1 heterocycles. The molecule has 106 valence electrons. The molecule has 0 saturated heterocycles. The molecule has 1 unspecified atom stereocenters. The van der Waals surface area contributed by atoms with Gasteiger partial charge in [-0.3, -0.25) is 4.79 Å². The Bertz CT molecular complexity index is 651. The van der Waals surface area contributed by atoms with Crippen molar-refractivity contribution in [2.45, 2.75) is 26.0 Å². The van der Waals surface area contributed by atoms with Crippen LogP contribution in [-0.2, 0) is 13.0 Å². The molecule has 5 heteroatoms. The summed E-state index contributed by atoms with van der Waals surface area (Å²) in [6.45, 7) is 2.00. The Morgan fingerprint density at radius 2 is 1.85 bits per heavy atom. The zero-order chi connectivity index (χ0) is 14.7. The van der Waals surface area contributed by atoms with Crippen LogP contribution in [0, 0.1) is 0 Å². The Morgan fingerprint density at radius 3 is 2.45 bits per heavy atom. The molecule has 0 spiro atoms. The molecular weight excluding hydrogens is 297 g/mol. The summed E-state index contributed by atoms with van der Waals surface area (Å²) in [6.07, 6.45) is -0.167. The molecule has 1 aromatic heterocycles. The molecule has 1 atom stereocenters. The van der Waals surface area contributed by atoms with E-state index in [0.29, 0.717) is 23.7 Å². The van der Waals surface area contributed by atoms with E-state index in [-0.39, 0.29) is 10.6 Å². The lowest BCUT2D eigenvalue weighted by Crippen LogP contribution is -2.26. The van der Waals surface area contributed by atoms with Crippen LogP contribution < -0.4 is 5.56 Å². The van der Waals surface area contributed by atoms with Crippen LogP contribution in [0.2, 0.25) is 10.0 Å². The van der Waals surface area contributed by atoms with E-state index in [1.807, 2.05) is 30.3 Å². The van der Waals surface area contributed by atoms with Crippen molar-refractivity contribution in [2.75, 3.05) is 0 Å². The molecular formula is C15H15Cl2NO2. The van der Waals surface area contributed by atoms with Crippen molar-refractivity contribution in [1.29, 1.82) is 0 Å². The molecule has 20 heavy (non-hydrogen) atoms. The standard InChI is InChI=1S/C15H15Cl2NO2/c1-10(19)14-12(16)9-13(17)15(20)18(14)8-7-11-5-3-2-4-6-11/h2-6,9-10,19H,7-8H2,1H3. The van der Waals surface area contributed by atoms with Gasteiger partial charge >= 0.3 is 0 Å². The number of aryl methyl sites for hydroxylation is 1. The molecule has 1 N–H and O–H groups in total. The fourth-order valence-corrected chi connectivity index (χ4v) is 2.78. The third-order valence-electron chi connectivity index (χ3n) is 3.10. The molecule has 0 saturated carbocycles. The number of nitrogens with zero attached hydrogens (tertiary/aromatic N) is 1. The van der Waals surface area contributed by atoms with Gasteiger partial charge in [0, 0.05) is 6.54 Å². The van der Waals surface area contributed by atoms with Gasteiger partial charge in [-0.25, -0.2) is 0 Å². The largest absolute Gasteiger partial charge is 0.387 e. The van der Waals surface area contributed by atoms with Gasteiger partial charge in [0.05, 0.1) is 16.8 Å². The lowest BCUT2D eigenvalue weighted by Gasteiger charge is -2.17. The molecule has 0 fully saturated rings. The summed E-state index contributed by atoms with van der Waals surface area (Å²) in [5.74, 6) is 0. The molecule has 2 rings (SSSR count). The third-order valence-corrected chi connectivity index (χ3v) is 3.67. The zero-order valence-corrected chi connectivity index (χ0v) is 12.5. The van der Waals surface area contributed by atoms with Gasteiger partial charge in [0.25, 0.3) is 5.56 Å². The van der Waals surface area contributed by atoms with Gasteiger partial charge in [-0.2, -0.15) is 0 Å². The summed E-state index contributed by atoms with van der Waals surface area (Å²) in [6, 6.07) is 11.2. The Morgan fingerprint density at radius 1 is 1.20 bits per heavy atom. The van der Waals surface area contributed by atoms with E-state index in [1.165, 1.54) is 10.6 Å². The molecule has 2 aromatic rings. The lowest BCUT2D eigenvalue weighted by molar-refractivity contribution is 0.187. The fourth-order valence-electron chi connectivity index (χ4n) is 2.15. The monoisotopic (exact) mass is 311 g/mol. The number of halogens is 2. The number of rotatable bonds is 4. The van der Waals surface area contributed by atoms with Gasteiger partial charge in [-0.05, 0) is 25.0 Å². The number of aromatic nitrogens is 1. The van der Waals surface area contributed by atoms with Gasteiger partial charge in [0.15, 0.2) is 0 Å². The summed E-state index contributed by atoms with van der Waals surface area (Å²) in [7, 11) is 0. The number of aliphatic hydroxyl groups is 1. The Balaban J connectivity index is 2.37. The van der Waals surface area contributed by atoms with E-state index in [4.69, 9.17) is 23.2 Å². The first-order chi connectivity index (χ1) is 9.50. The van der Waals surface area contributed by atoms with E-state index in [9.17, 15) is 9.90 Å². The van der Waals surface area contributed by atoms with Gasteiger partial charge < -0.3 is 9.67 Å². The van der Waals surface area contributed by atoms with E-state index in [1.54, 1.807) is 6.92 Å². The number of benzene rings is 1. The highest BCUT2D eigenvalue weighted by atomic mass is 35.5. The van der Waals surface area contributed by atoms with Crippen LogP contribution in [0.4, 0.5) is 0 Å². The van der Waals surface area contributed by atoms with Crippen LogP contribution in [0.15, 0.2) is 41.2 Å². The Kier molecular flexibility index (Phi) is 4.86. The van der Waals surface area contributed by atoms with Crippen molar-refractivity contribution >= 4 is 23.2 Å². The summed E-state index contributed by atoms with van der Waals surface area (Å²) in [4.78, 5) is 12.1. The summed E-state index contributed by atoms with van der Waals surface area (Å²) in [5.41, 5.74) is 1.17. The minimum absolute atomic E-state index is 0.0625. The van der Waals surface area contributed by atoms with E-state index in [2.05, 4.69) is 0 Å². The van der Waals surface area contributed by atoms with E-state index >= 15 is 0 Å². The van der Waals surface area contributed by atoms with Gasteiger partial charge in [-0.1, -0.05) is 53.5 Å². The number of aliphatic hydroxyl groups excluding tert-OH is 1. The molecule has 1 aromatic carbocycles. The predicted octanol–water partition coefficient (Wildman–Crippen LogP) is 3.45. The first-order valence-electron chi connectivity index (χ1n) is 6.31. The Hall–Kier alpha value is -1.29. The average molecular weight is 312 g/mol. The van der Waals surface area contributed by atoms with Crippen molar-refractivity contribution in [3.05, 3.63) is 68.1 Å². The maximum absolute atomic E-state index is 12.1. The van der Waals surface area contributed by atoms with Crippen molar-refractivity contribution in [2.24, 2.45) is 0 Å². The van der Waals surface area contributed by atoms with Crippen LogP contribution >= 0.6 is 23.2 Å².